The average Bonchev–Trinajstić information content (AvgIpc) is 2.37. The Morgan fingerprint density at radius 2 is 2.00 bits per heavy atom. The number of carbonyl (C=O) groups excluding carboxylic acids is 1. The van der Waals surface area contributed by atoms with E-state index in [2.05, 4.69) is 39.1 Å². The molecule has 3 N–H and O–H groups in total. The fourth-order valence-corrected chi connectivity index (χ4v) is 2.17. The number of nitrogens with two attached hydrogens (primary N) is 1. The van der Waals surface area contributed by atoms with Gasteiger partial charge in [0, 0.05) is 12.1 Å². The maximum Gasteiger partial charge on any atom is 0.224 e. The Kier molecular flexibility index (Phi) is 6.21. The molecule has 0 aromatic heterocycles. The summed E-state index contributed by atoms with van der Waals surface area (Å²) in [6.07, 6.45) is 2.35. The topological polar surface area (TPSA) is 55.1 Å². The zero-order valence-corrected chi connectivity index (χ0v) is 13.2. The van der Waals surface area contributed by atoms with E-state index in [9.17, 15) is 4.79 Å². The quantitative estimate of drug-likeness (QED) is 0.793. The number of amides is 1. The largest absolute Gasteiger partial charge is 0.330 e. The Bertz CT molecular complexity index is 438. The molecule has 0 saturated heterocycles. The van der Waals surface area contributed by atoms with Gasteiger partial charge in [0.05, 0.1) is 0 Å². The molecule has 20 heavy (non-hydrogen) atoms. The highest BCUT2D eigenvalue weighted by Gasteiger charge is 2.18. The second-order valence-corrected chi connectivity index (χ2v) is 6.53. The molecule has 3 nitrogen and oxygen atoms in total. The van der Waals surface area contributed by atoms with Crippen molar-refractivity contribution in [3.05, 3.63) is 29.8 Å². The maximum atomic E-state index is 12.0. The van der Waals surface area contributed by atoms with Gasteiger partial charge in [0.15, 0.2) is 0 Å². The summed E-state index contributed by atoms with van der Waals surface area (Å²) < 4.78 is 0. The predicted octanol–water partition coefficient (Wildman–Crippen LogP) is 3.90. The van der Waals surface area contributed by atoms with Crippen LogP contribution >= 0.6 is 0 Å². The van der Waals surface area contributed by atoms with Crippen molar-refractivity contribution in [1.82, 2.24) is 0 Å². The minimum Gasteiger partial charge on any atom is -0.330 e. The number of hydrogen-bond donors (Lipinski definition) is 2. The van der Waals surface area contributed by atoms with E-state index in [1.54, 1.807) is 0 Å². The molecule has 0 saturated carbocycles. The summed E-state index contributed by atoms with van der Waals surface area (Å²) in [6.45, 7) is 9.29. The fraction of sp³-hybridized carbons (Fsp3) is 0.588. The Hall–Kier alpha value is -1.35. The van der Waals surface area contributed by atoms with Gasteiger partial charge >= 0.3 is 0 Å². The minimum atomic E-state index is 0.0796. The molecule has 0 spiro atoms. The highest BCUT2D eigenvalue weighted by molar-refractivity contribution is 5.90. The second-order valence-electron chi connectivity index (χ2n) is 6.53. The molecular formula is C17H28N2O. The highest BCUT2D eigenvalue weighted by atomic mass is 16.1. The first-order valence-electron chi connectivity index (χ1n) is 7.44. The van der Waals surface area contributed by atoms with Crippen LogP contribution < -0.4 is 11.1 Å². The zero-order valence-electron chi connectivity index (χ0n) is 13.2. The molecule has 0 bridgehead atoms. The molecule has 0 fully saturated rings. The Balaban J connectivity index is 2.52. The molecule has 0 atom stereocenters. The van der Waals surface area contributed by atoms with Gasteiger partial charge in [-0.3, -0.25) is 4.79 Å². The van der Waals surface area contributed by atoms with Gasteiger partial charge < -0.3 is 11.1 Å². The molecule has 1 amide bonds. The van der Waals surface area contributed by atoms with Gasteiger partial charge in [0.25, 0.3) is 0 Å². The van der Waals surface area contributed by atoms with Crippen molar-refractivity contribution in [3.8, 4) is 0 Å². The normalized spacial score (nSPS) is 11.7. The number of nitrogens with one attached hydrogen (secondary N) is 1. The molecule has 0 aliphatic carbocycles. The maximum absolute atomic E-state index is 12.0. The average molecular weight is 276 g/mol. The van der Waals surface area contributed by atoms with Gasteiger partial charge in [-0.25, -0.2) is 0 Å². The summed E-state index contributed by atoms with van der Waals surface area (Å²) >= 11 is 0. The summed E-state index contributed by atoms with van der Waals surface area (Å²) in [5.74, 6) is 0.548. The van der Waals surface area contributed by atoms with Gasteiger partial charge in [0.2, 0.25) is 5.91 Å². The second kappa shape index (κ2) is 7.44. The lowest BCUT2D eigenvalue weighted by atomic mass is 9.84. The number of benzene rings is 1. The third kappa shape index (κ3) is 5.74. The van der Waals surface area contributed by atoms with Crippen LogP contribution in [-0.2, 0) is 4.79 Å². The first-order chi connectivity index (χ1) is 9.34. The number of anilines is 1. The van der Waals surface area contributed by atoms with Crippen LogP contribution in [0.3, 0.4) is 0 Å². The first-order valence-corrected chi connectivity index (χ1v) is 7.44. The molecule has 3 heteroatoms. The van der Waals surface area contributed by atoms with Crippen LogP contribution in [0, 0.1) is 5.41 Å². The number of carbonyl (C=O) groups is 1. The van der Waals surface area contributed by atoms with E-state index in [0.717, 1.165) is 18.5 Å². The lowest BCUT2D eigenvalue weighted by molar-refractivity contribution is -0.116. The van der Waals surface area contributed by atoms with Gasteiger partial charge in [0.1, 0.15) is 0 Å². The minimum absolute atomic E-state index is 0.0796. The van der Waals surface area contributed by atoms with E-state index in [-0.39, 0.29) is 11.3 Å². The van der Waals surface area contributed by atoms with E-state index < -0.39 is 0 Å². The fourth-order valence-electron chi connectivity index (χ4n) is 2.17. The lowest BCUT2D eigenvalue weighted by Gasteiger charge is -2.23. The zero-order chi connectivity index (χ0) is 15.2. The van der Waals surface area contributed by atoms with Crippen molar-refractivity contribution in [3.63, 3.8) is 0 Å². The first kappa shape index (κ1) is 16.7. The third-order valence-corrected chi connectivity index (χ3v) is 3.69. The van der Waals surface area contributed by atoms with Crippen LogP contribution in [0.25, 0.3) is 0 Å². The summed E-state index contributed by atoms with van der Waals surface area (Å²) in [5, 5.41) is 2.98. The van der Waals surface area contributed by atoms with Crippen LogP contribution in [0.1, 0.15) is 58.4 Å². The van der Waals surface area contributed by atoms with Gasteiger partial charge in [-0.1, -0.05) is 39.8 Å². The van der Waals surface area contributed by atoms with Crippen LogP contribution in [0.4, 0.5) is 5.69 Å². The van der Waals surface area contributed by atoms with Crippen molar-refractivity contribution in [2.45, 2.75) is 52.9 Å². The third-order valence-electron chi connectivity index (χ3n) is 3.69. The highest BCUT2D eigenvalue weighted by Crippen LogP contribution is 2.26. The Labute approximate surface area is 122 Å². The smallest absolute Gasteiger partial charge is 0.224 e. The van der Waals surface area contributed by atoms with Gasteiger partial charge in [-0.2, -0.15) is 0 Å². The molecule has 112 valence electrons. The van der Waals surface area contributed by atoms with E-state index >= 15 is 0 Å². The van der Waals surface area contributed by atoms with Gasteiger partial charge in [-0.05, 0) is 48.4 Å². The molecule has 1 aromatic carbocycles. The van der Waals surface area contributed by atoms with Crippen LogP contribution in [0.15, 0.2) is 24.3 Å². The van der Waals surface area contributed by atoms with E-state index in [4.69, 9.17) is 5.73 Å². The monoisotopic (exact) mass is 276 g/mol. The molecule has 0 radical (unpaired) electrons. The summed E-state index contributed by atoms with van der Waals surface area (Å²) in [4.78, 5) is 12.0. The van der Waals surface area contributed by atoms with E-state index in [1.807, 2.05) is 18.2 Å². The Morgan fingerprint density at radius 1 is 1.30 bits per heavy atom. The van der Waals surface area contributed by atoms with Crippen molar-refractivity contribution in [1.29, 1.82) is 0 Å². The van der Waals surface area contributed by atoms with E-state index in [0.29, 0.717) is 18.9 Å². The summed E-state index contributed by atoms with van der Waals surface area (Å²) in [7, 11) is 0. The summed E-state index contributed by atoms with van der Waals surface area (Å²) in [5.41, 5.74) is 7.85. The van der Waals surface area contributed by atoms with Crippen LogP contribution in [-0.4, -0.2) is 12.5 Å². The lowest BCUT2D eigenvalue weighted by Crippen LogP contribution is -2.20. The molecule has 0 unspecified atom stereocenters. The van der Waals surface area contributed by atoms with Crippen LogP contribution in [0.5, 0.6) is 0 Å². The summed E-state index contributed by atoms with van der Waals surface area (Å²) in [6, 6.07) is 8.07. The number of hydrogen-bond acceptors (Lipinski definition) is 2. The van der Waals surface area contributed by atoms with Crippen molar-refractivity contribution >= 4 is 11.6 Å². The van der Waals surface area contributed by atoms with Crippen molar-refractivity contribution in [2.75, 3.05) is 11.9 Å². The van der Waals surface area contributed by atoms with E-state index in [1.165, 1.54) is 5.56 Å². The molecule has 0 heterocycles. The molecule has 0 aliphatic rings. The SMILES string of the molecule is CC(C)c1cccc(NC(=O)CCC(C)(C)CCN)c1. The molecule has 0 aliphatic heterocycles. The van der Waals surface area contributed by atoms with Crippen molar-refractivity contribution < 1.29 is 4.79 Å². The molecular weight excluding hydrogens is 248 g/mol. The predicted molar refractivity (Wildman–Crippen MR) is 85.8 cm³/mol. The Morgan fingerprint density at radius 3 is 2.60 bits per heavy atom. The number of rotatable bonds is 7. The van der Waals surface area contributed by atoms with Crippen molar-refractivity contribution in [2.24, 2.45) is 11.1 Å². The molecule has 1 rings (SSSR count). The van der Waals surface area contributed by atoms with Crippen LogP contribution in [0.2, 0.25) is 0 Å². The van der Waals surface area contributed by atoms with Gasteiger partial charge in [-0.15, -0.1) is 0 Å². The standard InChI is InChI=1S/C17H28N2O/c1-13(2)14-6-5-7-15(12-14)19-16(20)8-9-17(3,4)10-11-18/h5-7,12-13H,8-11,18H2,1-4H3,(H,19,20). The molecule has 1 aromatic rings.